The maximum Gasteiger partial charge on any atom is 0.167 e. The first kappa shape index (κ1) is 14.8. The molecule has 4 unspecified atom stereocenters. The Morgan fingerprint density at radius 2 is 2.23 bits per heavy atom. The molecule has 1 saturated heterocycles. The maximum atomic E-state index is 10.5. The Bertz CT molecular complexity index is 708. The van der Waals surface area contributed by atoms with E-state index in [-0.39, 0.29) is 17.5 Å². The quantitative estimate of drug-likeness (QED) is 0.394. The highest BCUT2D eigenvalue weighted by Crippen LogP contribution is 2.31. The SMILES string of the molecule is NC(=S)NC1C(CO)OC(n2cnc3c(N)ncnc32)C1O. The van der Waals surface area contributed by atoms with Gasteiger partial charge in [-0.05, 0) is 12.2 Å². The molecule has 0 aromatic carbocycles. The standard InChI is InChI=1S/C11H15N7O3S/c12-8-6-9(15-2-14-8)18(3-16-6)10-7(20)5(17-11(13)22)4(1-19)21-10/h2-5,7,10,19-20H,1H2,(H2,12,14,15)(H3,13,17,22). The molecule has 118 valence electrons. The van der Waals surface area contributed by atoms with E-state index in [1.165, 1.54) is 17.2 Å². The summed E-state index contributed by atoms with van der Waals surface area (Å²) in [6, 6.07) is -0.649. The van der Waals surface area contributed by atoms with Crippen LogP contribution in [-0.4, -0.2) is 59.7 Å². The van der Waals surface area contributed by atoms with Crippen LogP contribution in [0.15, 0.2) is 12.7 Å². The van der Waals surface area contributed by atoms with Gasteiger partial charge in [-0.2, -0.15) is 0 Å². The average Bonchev–Trinajstić information content (AvgIpc) is 3.02. The zero-order valence-electron chi connectivity index (χ0n) is 11.3. The molecule has 11 heteroatoms. The van der Waals surface area contributed by atoms with E-state index in [4.69, 9.17) is 28.4 Å². The summed E-state index contributed by atoms with van der Waals surface area (Å²) in [7, 11) is 0. The summed E-state index contributed by atoms with van der Waals surface area (Å²) in [5, 5.41) is 22.6. The number of aliphatic hydroxyl groups is 2. The van der Waals surface area contributed by atoms with E-state index in [0.717, 1.165) is 0 Å². The summed E-state index contributed by atoms with van der Waals surface area (Å²) in [4.78, 5) is 12.1. The lowest BCUT2D eigenvalue weighted by Gasteiger charge is -2.20. The smallest absolute Gasteiger partial charge is 0.167 e. The molecule has 0 spiro atoms. The van der Waals surface area contributed by atoms with Crippen molar-refractivity contribution in [3.8, 4) is 0 Å². The fraction of sp³-hybridized carbons (Fsp3) is 0.455. The molecule has 0 amide bonds. The van der Waals surface area contributed by atoms with Crippen molar-refractivity contribution < 1.29 is 14.9 Å². The predicted octanol–water partition coefficient (Wildman–Crippen LogP) is -2.14. The van der Waals surface area contributed by atoms with Gasteiger partial charge in [0.05, 0.1) is 19.0 Å². The molecule has 2 aromatic heterocycles. The third kappa shape index (κ3) is 2.33. The number of nitrogens with one attached hydrogen (secondary N) is 1. The molecule has 0 aliphatic carbocycles. The van der Waals surface area contributed by atoms with E-state index < -0.39 is 24.5 Å². The molecule has 10 nitrogen and oxygen atoms in total. The van der Waals surface area contributed by atoms with Gasteiger partial charge in [-0.25, -0.2) is 15.0 Å². The zero-order chi connectivity index (χ0) is 15.9. The first-order valence-electron chi connectivity index (χ1n) is 6.46. The highest BCUT2D eigenvalue weighted by Gasteiger charge is 2.45. The van der Waals surface area contributed by atoms with Crippen molar-refractivity contribution in [3.05, 3.63) is 12.7 Å². The van der Waals surface area contributed by atoms with Gasteiger partial charge in [-0.15, -0.1) is 0 Å². The van der Waals surface area contributed by atoms with Gasteiger partial charge in [0.2, 0.25) is 0 Å². The van der Waals surface area contributed by atoms with Crippen molar-refractivity contribution in [2.45, 2.75) is 24.5 Å². The second kappa shape index (κ2) is 5.61. The van der Waals surface area contributed by atoms with Crippen molar-refractivity contribution in [1.29, 1.82) is 0 Å². The van der Waals surface area contributed by atoms with Gasteiger partial charge in [0.1, 0.15) is 24.1 Å². The molecule has 3 rings (SSSR count). The number of hydrogen-bond donors (Lipinski definition) is 5. The number of imidazole rings is 1. The number of rotatable bonds is 3. The molecule has 0 bridgehead atoms. The number of fused-ring (bicyclic) bond motifs is 1. The number of ether oxygens (including phenoxy) is 1. The summed E-state index contributed by atoms with van der Waals surface area (Å²) in [5.41, 5.74) is 12.0. The minimum absolute atomic E-state index is 0.00816. The first-order chi connectivity index (χ1) is 10.5. The largest absolute Gasteiger partial charge is 0.394 e. The third-order valence-corrected chi connectivity index (χ3v) is 3.64. The van der Waals surface area contributed by atoms with E-state index >= 15 is 0 Å². The van der Waals surface area contributed by atoms with Crippen molar-refractivity contribution in [1.82, 2.24) is 24.8 Å². The van der Waals surface area contributed by atoms with E-state index in [9.17, 15) is 10.2 Å². The predicted molar refractivity (Wildman–Crippen MR) is 80.4 cm³/mol. The van der Waals surface area contributed by atoms with Gasteiger partial charge >= 0.3 is 0 Å². The van der Waals surface area contributed by atoms with E-state index in [1.54, 1.807) is 0 Å². The monoisotopic (exact) mass is 325 g/mol. The number of aromatic nitrogens is 4. The lowest BCUT2D eigenvalue weighted by atomic mass is 10.1. The van der Waals surface area contributed by atoms with Crippen LogP contribution in [0.1, 0.15) is 6.23 Å². The normalized spacial score (nSPS) is 28.1. The van der Waals surface area contributed by atoms with Crippen molar-refractivity contribution >= 4 is 34.3 Å². The van der Waals surface area contributed by atoms with Crippen LogP contribution < -0.4 is 16.8 Å². The third-order valence-electron chi connectivity index (χ3n) is 3.52. The van der Waals surface area contributed by atoms with Gasteiger partial charge in [0.15, 0.2) is 22.8 Å². The number of nitrogens with two attached hydrogens (primary N) is 2. The van der Waals surface area contributed by atoms with Crippen molar-refractivity contribution in [2.24, 2.45) is 5.73 Å². The second-order valence-corrected chi connectivity index (χ2v) is 5.30. The average molecular weight is 325 g/mol. The number of anilines is 1. The van der Waals surface area contributed by atoms with Gasteiger partial charge in [0.25, 0.3) is 0 Å². The molecule has 3 heterocycles. The second-order valence-electron chi connectivity index (χ2n) is 4.86. The Balaban J connectivity index is 1.97. The van der Waals surface area contributed by atoms with E-state index in [2.05, 4.69) is 20.3 Å². The molecule has 4 atom stereocenters. The van der Waals surface area contributed by atoms with Crippen LogP contribution >= 0.6 is 12.2 Å². The van der Waals surface area contributed by atoms with Crippen LogP contribution in [0, 0.1) is 0 Å². The Labute approximate surface area is 130 Å². The van der Waals surface area contributed by atoms with Crippen molar-refractivity contribution in [2.75, 3.05) is 12.3 Å². The number of nitrogen functional groups attached to an aromatic ring is 1. The Morgan fingerprint density at radius 3 is 2.91 bits per heavy atom. The highest BCUT2D eigenvalue weighted by atomic mass is 32.1. The van der Waals surface area contributed by atoms with Gasteiger partial charge in [0, 0.05) is 0 Å². The number of aliphatic hydroxyl groups excluding tert-OH is 2. The van der Waals surface area contributed by atoms with Gasteiger partial charge < -0.3 is 31.7 Å². The minimum atomic E-state index is -1.02. The van der Waals surface area contributed by atoms with Crippen LogP contribution in [-0.2, 0) is 4.74 Å². The summed E-state index contributed by atoms with van der Waals surface area (Å²) >= 11 is 4.78. The van der Waals surface area contributed by atoms with Crippen LogP contribution in [0.3, 0.4) is 0 Å². The molecule has 0 radical (unpaired) electrons. The molecule has 1 aliphatic heterocycles. The van der Waals surface area contributed by atoms with E-state index in [0.29, 0.717) is 11.2 Å². The van der Waals surface area contributed by atoms with Crippen LogP contribution in [0.25, 0.3) is 11.2 Å². The zero-order valence-corrected chi connectivity index (χ0v) is 12.1. The minimum Gasteiger partial charge on any atom is -0.394 e. The molecule has 22 heavy (non-hydrogen) atoms. The molecule has 1 fully saturated rings. The number of hydrogen-bond acceptors (Lipinski definition) is 8. The summed E-state index contributed by atoms with van der Waals surface area (Å²) < 4.78 is 7.20. The first-order valence-corrected chi connectivity index (χ1v) is 6.87. The number of thiocarbonyl (C=S) groups is 1. The fourth-order valence-electron chi connectivity index (χ4n) is 2.53. The lowest BCUT2D eigenvalue weighted by Crippen LogP contribution is -2.50. The molecule has 7 N–H and O–H groups in total. The molecule has 2 aromatic rings. The van der Waals surface area contributed by atoms with Crippen LogP contribution in [0.5, 0.6) is 0 Å². The van der Waals surface area contributed by atoms with Crippen LogP contribution in [0.4, 0.5) is 5.82 Å². The molecular formula is C11H15N7O3S. The summed E-state index contributed by atoms with van der Waals surface area (Å²) in [5.74, 6) is 0.229. The van der Waals surface area contributed by atoms with Crippen molar-refractivity contribution in [3.63, 3.8) is 0 Å². The Hall–Kier alpha value is -2.08. The number of nitrogens with zero attached hydrogens (tertiary/aromatic N) is 4. The molecule has 0 saturated carbocycles. The molecule has 1 aliphatic rings. The lowest BCUT2D eigenvalue weighted by molar-refractivity contribution is -0.0489. The summed E-state index contributed by atoms with van der Waals surface area (Å²) in [6.07, 6.45) is 0.223. The van der Waals surface area contributed by atoms with Crippen LogP contribution in [0.2, 0.25) is 0 Å². The summed E-state index contributed by atoms with van der Waals surface area (Å²) in [6.45, 7) is -0.308. The highest BCUT2D eigenvalue weighted by molar-refractivity contribution is 7.80. The Kier molecular flexibility index (Phi) is 3.78. The van der Waals surface area contributed by atoms with Gasteiger partial charge in [-0.1, -0.05) is 0 Å². The maximum absolute atomic E-state index is 10.5. The van der Waals surface area contributed by atoms with Gasteiger partial charge in [-0.3, -0.25) is 4.57 Å². The Morgan fingerprint density at radius 1 is 1.45 bits per heavy atom. The topological polar surface area (TPSA) is 157 Å². The van der Waals surface area contributed by atoms with E-state index in [1.807, 2.05) is 0 Å². The fourth-order valence-corrected chi connectivity index (χ4v) is 2.66. The molecular weight excluding hydrogens is 310 g/mol.